The largest absolute Gasteiger partial charge is 0.484 e. The average molecular weight is 485 g/mol. The van der Waals surface area contributed by atoms with Crippen LogP contribution >= 0.6 is 0 Å². The molecule has 3 aromatic rings. The maximum absolute atomic E-state index is 13.0. The molecule has 0 saturated carbocycles. The number of benzene rings is 3. The number of amides is 2. The summed E-state index contributed by atoms with van der Waals surface area (Å²) in [5, 5.41) is 3.26. The van der Waals surface area contributed by atoms with Crippen LogP contribution in [0.25, 0.3) is 0 Å². The third-order valence-electron chi connectivity index (χ3n) is 7.57. The van der Waals surface area contributed by atoms with Crippen molar-refractivity contribution in [2.75, 3.05) is 26.8 Å². The highest BCUT2D eigenvalue weighted by Gasteiger charge is 2.54. The fraction of sp³-hybridized carbons (Fsp3) is 0.333. The van der Waals surface area contributed by atoms with E-state index in [2.05, 4.69) is 17.4 Å². The zero-order valence-electron chi connectivity index (χ0n) is 20.6. The Kier molecular flexibility index (Phi) is 7.05. The second kappa shape index (κ2) is 10.5. The first-order valence-electron chi connectivity index (χ1n) is 12.5. The first kappa shape index (κ1) is 24.1. The number of nitrogens with one attached hydrogen (secondary N) is 1. The molecule has 1 N–H and O–H groups in total. The fourth-order valence-electron chi connectivity index (χ4n) is 5.84. The molecule has 1 aliphatic carbocycles. The Morgan fingerprint density at radius 3 is 2.25 bits per heavy atom. The second-order valence-electron chi connectivity index (χ2n) is 9.59. The number of fused-ring (bicyclic) bond motifs is 2. The molecule has 0 unspecified atom stereocenters. The van der Waals surface area contributed by atoms with Gasteiger partial charge in [0.2, 0.25) is 5.91 Å². The van der Waals surface area contributed by atoms with E-state index in [1.165, 1.54) is 5.56 Å². The van der Waals surface area contributed by atoms with Crippen LogP contribution in [0.5, 0.6) is 5.75 Å². The molecule has 2 aliphatic rings. The van der Waals surface area contributed by atoms with Gasteiger partial charge in [-0.3, -0.25) is 9.59 Å². The van der Waals surface area contributed by atoms with Gasteiger partial charge in [0.1, 0.15) is 5.75 Å². The first-order chi connectivity index (χ1) is 17.6. The molecule has 2 amide bonds. The van der Waals surface area contributed by atoms with Gasteiger partial charge < -0.3 is 19.7 Å². The normalized spacial score (nSPS) is 20.1. The van der Waals surface area contributed by atoms with Crippen LogP contribution < -0.4 is 10.1 Å². The van der Waals surface area contributed by atoms with Gasteiger partial charge in [0, 0.05) is 25.6 Å². The molecule has 2 atom stereocenters. The van der Waals surface area contributed by atoms with E-state index in [0.29, 0.717) is 25.3 Å². The molecule has 1 aliphatic heterocycles. The molecule has 6 nitrogen and oxygen atoms in total. The van der Waals surface area contributed by atoms with Gasteiger partial charge in [0.05, 0.1) is 18.6 Å². The highest BCUT2D eigenvalue weighted by molar-refractivity contribution is 5.80. The predicted molar refractivity (Wildman–Crippen MR) is 138 cm³/mol. The van der Waals surface area contributed by atoms with Gasteiger partial charge in [-0.25, -0.2) is 0 Å². The quantitative estimate of drug-likeness (QED) is 0.549. The third-order valence-corrected chi connectivity index (χ3v) is 7.57. The number of carbonyl (C=O) groups excluding carboxylic acids is 2. The average Bonchev–Trinajstić information content (AvgIpc) is 3.17. The van der Waals surface area contributed by atoms with Crippen molar-refractivity contribution in [3.8, 4) is 5.75 Å². The standard InChI is InChI=1S/C30H32N2O4/c1-35-29-28(31-26(33)20-22-10-4-2-5-11-22)24-14-8-9-15-25(24)30(29)16-18-32(19-17-30)27(34)21-36-23-12-6-3-7-13-23/h2-15,28-29H,16-21H2,1H3,(H,31,33)/t28-,29+/m1/s1. The summed E-state index contributed by atoms with van der Waals surface area (Å²) >= 11 is 0. The number of ether oxygens (including phenoxy) is 2. The van der Waals surface area contributed by atoms with Crippen LogP contribution in [-0.4, -0.2) is 49.6 Å². The van der Waals surface area contributed by atoms with Crippen molar-refractivity contribution in [3.63, 3.8) is 0 Å². The summed E-state index contributed by atoms with van der Waals surface area (Å²) in [6.07, 6.45) is 1.66. The molecular formula is C30H32N2O4. The van der Waals surface area contributed by atoms with Gasteiger partial charge in [-0.2, -0.15) is 0 Å². The Morgan fingerprint density at radius 2 is 1.56 bits per heavy atom. The third kappa shape index (κ3) is 4.73. The Balaban J connectivity index is 1.29. The number of nitrogens with zero attached hydrogens (tertiary/aromatic N) is 1. The molecule has 6 heteroatoms. The van der Waals surface area contributed by atoms with E-state index in [1.54, 1.807) is 7.11 Å². The Morgan fingerprint density at radius 1 is 0.917 bits per heavy atom. The molecule has 1 saturated heterocycles. The van der Waals surface area contributed by atoms with Crippen LogP contribution in [0.15, 0.2) is 84.9 Å². The first-order valence-corrected chi connectivity index (χ1v) is 12.5. The second-order valence-corrected chi connectivity index (χ2v) is 9.59. The number of methoxy groups -OCH3 is 1. The SMILES string of the molecule is CO[C@H]1[C@H](NC(=O)Cc2ccccc2)c2ccccc2C12CCN(C(=O)COc1ccccc1)CC2. The smallest absolute Gasteiger partial charge is 0.260 e. The maximum Gasteiger partial charge on any atom is 0.260 e. The summed E-state index contributed by atoms with van der Waals surface area (Å²) in [6, 6.07) is 27.2. The van der Waals surface area contributed by atoms with Crippen molar-refractivity contribution in [2.45, 2.75) is 36.8 Å². The van der Waals surface area contributed by atoms with Crippen LogP contribution in [0.4, 0.5) is 0 Å². The lowest BCUT2D eigenvalue weighted by Crippen LogP contribution is -2.52. The Bertz CT molecular complexity index is 1190. The van der Waals surface area contributed by atoms with E-state index in [9.17, 15) is 9.59 Å². The van der Waals surface area contributed by atoms with Gasteiger partial charge in [-0.15, -0.1) is 0 Å². The minimum Gasteiger partial charge on any atom is -0.484 e. The lowest BCUT2D eigenvalue weighted by molar-refractivity contribution is -0.136. The summed E-state index contributed by atoms with van der Waals surface area (Å²) in [4.78, 5) is 27.8. The molecule has 0 radical (unpaired) electrons. The minimum absolute atomic E-state index is 0.0123. The van der Waals surface area contributed by atoms with Crippen molar-refractivity contribution in [1.29, 1.82) is 0 Å². The summed E-state index contributed by atoms with van der Waals surface area (Å²) in [7, 11) is 1.72. The van der Waals surface area contributed by atoms with E-state index in [4.69, 9.17) is 9.47 Å². The van der Waals surface area contributed by atoms with Gasteiger partial charge in [-0.1, -0.05) is 72.8 Å². The summed E-state index contributed by atoms with van der Waals surface area (Å²) in [5.41, 5.74) is 3.05. The molecule has 1 heterocycles. The fourth-order valence-corrected chi connectivity index (χ4v) is 5.84. The van der Waals surface area contributed by atoms with E-state index < -0.39 is 0 Å². The summed E-state index contributed by atoms with van der Waals surface area (Å²) in [6.45, 7) is 1.27. The molecule has 1 spiro atoms. The monoisotopic (exact) mass is 484 g/mol. The van der Waals surface area contributed by atoms with Crippen LogP contribution in [-0.2, 0) is 26.2 Å². The van der Waals surface area contributed by atoms with Crippen molar-refractivity contribution < 1.29 is 19.1 Å². The van der Waals surface area contributed by atoms with E-state index >= 15 is 0 Å². The van der Waals surface area contributed by atoms with Gasteiger partial charge in [-0.05, 0) is 41.7 Å². The van der Waals surface area contributed by atoms with E-state index in [-0.39, 0.29) is 36.0 Å². The topological polar surface area (TPSA) is 67.9 Å². The van der Waals surface area contributed by atoms with Gasteiger partial charge >= 0.3 is 0 Å². The Hall–Kier alpha value is -3.64. The maximum atomic E-state index is 13.0. The summed E-state index contributed by atoms with van der Waals surface area (Å²) in [5.74, 6) is 0.657. The Labute approximate surface area is 212 Å². The van der Waals surface area contributed by atoms with E-state index in [1.807, 2.05) is 77.7 Å². The van der Waals surface area contributed by atoms with Crippen molar-refractivity contribution in [3.05, 3.63) is 102 Å². The molecule has 36 heavy (non-hydrogen) atoms. The molecule has 5 rings (SSSR count). The lowest BCUT2D eigenvalue weighted by Gasteiger charge is -2.44. The van der Waals surface area contributed by atoms with Gasteiger partial charge in [0.15, 0.2) is 6.61 Å². The van der Waals surface area contributed by atoms with Crippen molar-refractivity contribution in [1.82, 2.24) is 10.2 Å². The predicted octanol–water partition coefficient (Wildman–Crippen LogP) is 4.05. The van der Waals surface area contributed by atoms with E-state index in [0.717, 1.165) is 24.0 Å². The number of hydrogen-bond donors (Lipinski definition) is 1. The molecular weight excluding hydrogens is 452 g/mol. The molecule has 1 fully saturated rings. The van der Waals surface area contributed by atoms with Crippen LogP contribution in [0.2, 0.25) is 0 Å². The number of rotatable bonds is 7. The van der Waals surface area contributed by atoms with Crippen LogP contribution in [0.3, 0.4) is 0 Å². The number of likely N-dealkylation sites (tertiary alicyclic amines) is 1. The van der Waals surface area contributed by atoms with Crippen molar-refractivity contribution in [2.24, 2.45) is 0 Å². The minimum atomic E-state index is -0.257. The highest BCUT2D eigenvalue weighted by atomic mass is 16.5. The molecule has 0 bridgehead atoms. The number of para-hydroxylation sites is 1. The van der Waals surface area contributed by atoms with Crippen LogP contribution in [0, 0.1) is 0 Å². The van der Waals surface area contributed by atoms with Crippen molar-refractivity contribution >= 4 is 11.8 Å². The lowest BCUT2D eigenvalue weighted by atomic mass is 9.72. The zero-order chi connectivity index (χ0) is 25.0. The molecule has 0 aromatic heterocycles. The zero-order valence-corrected chi connectivity index (χ0v) is 20.6. The number of piperidine rings is 1. The highest BCUT2D eigenvalue weighted by Crippen LogP contribution is 2.52. The van der Waals surface area contributed by atoms with Crippen LogP contribution in [0.1, 0.15) is 35.6 Å². The summed E-state index contributed by atoms with van der Waals surface area (Å²) < 4.78 is 11.8. The molecule has 3 aromatic carbocycles. The number of hydrogen-bond acceptors (Lipinski definition) is 4. The molecule has 186 valence electrons. The van der Waals surface area contributed by atoms with Gasteiger partial charge in [0.25, 0.3) is 5.91 Å². The number of carbonyl (C=O) groups is 2.